The van der Waals surface area contributed by atoms with Gasteiger partial charge in [-0.3, -0.25) is 9.59 Å². The molecule has 0 spiro atoms. The lowest BCUT2D eigenvalue weighted by Crippen LogP contribution is -2.39. The van der Waals surface area contributed by atoms with E-state index < -0.39 is 0 Å². The van der Waals surface area contributed by atoms with Crippen molar-refractivity contribution in [2.24, 2.45) is 5.92 Å². The number of aryl methyl sites for hydroxylation is 3. The molecule has 128 valence electrons. The maximum Gasteiger partial charge on any atom is 0.243 e. The van der Waals surface area contributed by atoms with Gasteiger partial charge in [0.1, 0.15) is 0 Å². The number of carbonyl (C=O) groups is 2. The summed E-state index contributed by atoms with van der Waals surface area (Å²) in [6.07, 6.45) is 0.848. The van der Waals surface area contributed by atoms with Crippen LogP contribution >= 0.6 is 12.4 Å². The Kier molecular flexibility index (Phi) is 7.03. The molecule has 1 heterocycles. The first-order valence-corrected chi connectivity index (χ1v) is 7.72. The number of likely N-dealkylation sites (N-methyl/N-ethyl adjacent to an activating group) is 1. The average molecular weight is 340 g/mol. The van der Waals surface area contributed by atoms with Gasteiger partial charge >= 0.3 is 0 Å². The number of hydrogen-bond donors (Lipinski definition) is 2. The number of benzene rings is 1. The summed E-state index contributed by atoms with van der Waals surface area (Å²) < 4.78 is 0. The van der Waals surface area contributed by atoms with E-state index in [1.165, 1.54) is 10.5 Å². The van der Waals surface area contributed by atoms with Crippen LogP contribution in [0.3, 0.4) is 0 Å². The van der Waals surface area contributed by atoms with Gasteiger partial charge in [-0.25, -0.2) is 0 Å². The second-order valence-electron chi connectivity index (χ2n) is 6.21. The lowest BCUT2D eigenvalue weighted by Gasteiger charge is -2.21. The van der Waals surface area contributed by atoms with Gasteiger partial charge in [-0.15, -0.1) is 12.4 Å². The van der Waals surface area contributed by atoms with Crippen LogP contribution in [0.5, 0.6) is 0 Å². The summed E-state index contributed by atoms with van der Waals surface area (Å²) in [4.78, 5) is 25.9. The highest BCUT2D eigenvalue weighted by Crippen LogP contribution is 2.21. The van der Waals surface area contributed by atoms with Crippen LogP contribution in [-0.4, -0.2) is 43.4 Å². The van der Waals surface area contributed by atoms with Crippen LogP contribution in [0.2, 0.25) is 0 Å². The molecular formula is C17H26ClN3O2. The minimum Gasteiger partial charge on any atom is -0.336 e. The summed E-state index contributed by atoms with van der Waals surface area (Å²) in [5.74, 6) is -0.116. The lowest BCUT2D eigenvalue weighted by molar-refractivity contribution is -0.136. The van der Waals surface area contributed by atoms with E-state index in [0.717, 1.165) is 29.8 Å². The first kappa shape index (κ1) is 19.5. The normalized spacial score (nSPS) is 16.6. The Balaban J connectivity index is 0.00000264. The Morgan fingerprint density at radius 2 is 1.87 bits per heavy atom. The zero-order chi connectivity index (χ0) is 16.3. The largest absolute Gasteiger partial charge is 0.336 e. The van der Waals surface area contributed by atoms with Crippen LogP contribution in [-0.2, 0) is 9.59 Å². The van der Waals surface area contributed by atoms with Gasteiger partial charge in [0, 0.05) is 19.3 Å². The third-order valence-corrected chi connectivity index (χ3v) is 4.11. The Labute approximate surface area is 144 Å². The summed E-state index contributed by atoms with van der Waals surface area (Å²) in [6, 6.07) is 4.09. The van der Waals surface area contributed by atoms with E-state index in [1.54, 1.807) is 7.05 Å². The van der Waals surface area contributed by atoms with Gasteiger partial charge in [-0.05, 0) is 44.9 Å². The van der Waals surface area contributed by atoms with Crippen LogP contribution in [0, 0.1) is 26.7 Å². The van der Waals surface area contributed by atoms with Gasteiger partial charge in [-0.1, -0.05) is 17.7 Å². The number of carbonyl (C=O) groups excluding carboxylic acids is 2. The third kappa shape index (κ3) is 4.94. The fraction of sp³-hybridized carbons (Fsp3) is 0.529. The first-order chi connectivity index (χ1) is 10.4. The van der Waals surface area contributed by atoms with Crippen molar-refractivity contribution in [3.05, 3.63) is 28.8 Å². The Hall–Kier alpha value is -1.59. The Bertz CT molecular complexity index is 560. The van der Waals surface area contributed by atoms with Crippen molar-refractivity contribution in [2.75, 3.05) is 32.0 Å². The van der Waals surface area contributed by atoms with Gasteiger partial charge in [0.15, 0.2) is 0 Å². The molecule has 1 saturated heterocycles. The van der Waals surface area contributed by atoms with Crippen molar-refractivity contribution in [3.63, 3.8) is 0 Å². The molecule has 2 N–H and O–H groups in total. The van der Waals surface area contributed by atoms with Crippen LogP contribution < -0.4 is 10.6 Å². The lowest BCUT2D eigenvalue weighted by atomic mass is 10.1. The highest BCUT2D eigenvalue weighted by molar-refractivity contribution is 5.96. The molecule has 1 aliphatic heterocycles. The number of halogens is 1. The van der Waals surface area contributed by atoms with Crippen molar-refractivity contribution < 1.29 is 9.59 Å². The minimum absolute atomic E-state index is 0. The Morgan fingerprint density at radius 3 is 2.39 bits per heavy atom. The van der Waals surface area contributed by atoms with Crippen molar-refractivity contribution in [1.82, 2.24) is 10.2 Å². The molecule has 23 heavy (non-hydrogen) atoms. The zero-order valence-corrected chi connectivity index (χ0v) is 15.0. The molecule has 1 aliphatic rings. The maximum absolute atomic E-state index is 12.2. The number of hydrogen-bond acceptors (Lipinski definition) is 3. The third-order valence-electron chi connectivity index (χ3n) is 4.11. The topological polar surface area (TPSA) is 61.4 Å². The molecule has 0 aliphatic carbocycles. The predicted molar refractivity (Wildman–Crippen MR) is 95.1 cm³/mol. The Morgan fingerprint density at radius 1 is 1.26 bits per heavy atom. The van der Waals surface area contributed by atoms with Gasteiger partial charge < -0.3 is 15.5 Å². The smallest absolute Gasteiger partial charge is 0.243 e. The van der Waals surface area contributed by atoms with E-state index in [-0.39, 0.29) is 36.7 Å². The number of rotatable bonds is 4. The predicted octanol–water partition coefficient (Wildman–Crippen LogP) is 2.04. The van der Waals surface area contributed by atoms with Crippen LogP contribution in [0.15, 0.2) is 12.1 Å². The molecule has 0 bridgehead atoms. The molecule has 1 unspecified atom stereocenters. The van der Waals surface area contributed by atoms with E-state index in [0.29, 0.717) is 6.54 Å². The number of nitrogens with zero attached hydrogens (tertiary/aromatic N) is 1. The van der Waals surface area contributed by atoms with E-state index in [4.69, 9.17) is 0 Å². The van der Waals surface area contributed by atoms with Gasteiger partial charge in [-0.2, -0.15) is 0 Å². The molecule has 2 rings (SSSR count). The summed E-state index contributed by atoms with van der Waals surface area (Å²) in [5.41, 5.74) is 4.10. The van der Waals surface area contributed by atoms with E-state index >= 15 is 0 Å². The molecule has 1 fully saturated rings. The minimum atomic E-state index is -0.156. The molecule has 5 nitrogen and oxygen atoms in total. The molecule has 2 amide bonds. The van der Waals surface area contributed by atoms with Crippen LogP contribution in [0.1, 0.15) is 23.1 Å². The second kappa shape index (κ2) is 8.31. The summed E-state index contributed by atoms with van der Waals surface area (Å²) >= 11 is 0. The van der Waals surface area contributed by atoms with E-state index in [1.807, 2.05) is 32.9 Å². The maximum atomic E-state index is 12.2. The first-order valence-electron chi connectivity index (χ1n) is 7.72. The standard InChI is InChI=1S/C17H25N3O2.ClH/c1-11-7-12(2)16(13(3)8-11)19-15(21)10-20(4)17(22)14-5-6-18-9-14;/h7-8,14,18H,5-6,9-10H2,1-4H3,(H,19,21);1H. The van der Waals surface area contributed by atoms with Gasteiger partial charge in [0.2, 0.25) is 11.8 Å². The van der Waals surface area contributed by atoms with Crippen molar-refractivity contribution in [3.8, 4) is 0 Å². The molecule has 0 aromatic heterocycles. The van der Waals surface area contributed by atoms with Crippen LogP contribution in [0.25, 0.3) is 0 Å². The number of nitrogens with one attached hydrogen (secondary N) is 2. The van der Waals surface area contributed by atoms with Crippen molar-refractivity contribution in [2.45, 2.75) is 27.2 Å². The fourth-order valence-electron chi connectivity index (χ4n) is 3.03. The van der Waals surface area contributed by atoms with Gasteiger partial charge in [0.05, 0.1) is 12.5 Å². The van der Waals surface area contributed by atoms with Crippen molar-refractivity contribution in [1.29, 1.82) is 0 Å². The second-order valence-corrected chi connectivity index (χ2v) is 6.21. The highest BCUT2D eigenvalue weighted by atomic mass is 35.5. The number of anilines is 1. The van der Waals surface area contributed by atoms with Crippen LogP contribution in [0.4, 0.5) is 5.69 Å². The zero-order valence-electron chi connectivity index (χ0n) is 14.2. The van der Waals surface area contributed by atoms with E-state index in [2.05, 4.69) is 10.6 Å². The highest BCUT2D eigenvalue weighted by Gasteiger charge is 2.26. The monoisotopic (exact) mass is 339 g/mol. The summed E-state index contributed by atoms with van der Waals surface area (Å²) in [6.45, 7) is 7.66. The molecule has 0 radical (unpaired) electrons. The summed E-state index contributed by atoms with van der Waals surface area (Å²) in [7, 11) is 1.69. The SMILES string of the molecule is Cc1cc(C)c(NC(=O)CN(C)C(=O)C2CCNC2)c(C)c1.Cl. The molecule has 6 heteroatoms. The number of amides is 2. The van der Waals surface area contributed by atoms with Crippen molar-refractivity contribution >= 4 is 29.9 Å². The average Bonchev–Trinajstić information content (AvgIpc) is 2.95. The van der Waals surface area contributed by atoms with E-state index in [9.17, 15) is 9.59 Å². The van der Waals surface area contributed by atoms with Gasteiger partial charge in [0.25, 0.3) is 0 Å². The summed E-state index contributed by atoms with van der Waals surface area (Å²) in [5, 5.41) is 6.11. The fourth-order valence-corrected chi connectivity index (χ4v) is 3.03. The molecule has 0 saturated carbocycles. The molecule has 1 aromatic rings. The molecular weight excluding hydrogens is 314 g/mol. The molecule has 1 atom stereocenters. The molecule has 1 aromatic carbocycles. The quantitative estimate of drug-likeness (QED) is 0.882.